The van der Waals surface area contributed by atoms with Crippen LogP contribution in [0.3, 0.4) is 0 Å². The van der Waals surface area contributed by atoms with Gasteiger partial charge in [0.2, 0.25) is 0 Å². The van der Waals surface area contributed by atoms with E-state index in [1.54, 1.807) is 60.7 Å². The number of rotatable bonds is 9. The van der Waals surface area contributed by atoms with Crippen LogP contribution < -0.4 is 24.4 Å². The number of amides is 4. The molecule has 0 spiro atoms. The van der Waals surface area contributed by atoms with Crippen LogP contribution in [0.1, 0.15) is 16.7 Å². The number of nitrogens with zero attached hydrogens (tertiary/aromatic N) is 1. The van der Waals surface area contributed by atoms with Crippen LogP contribution in [0.5, 0.6) is 17.2 Å². The van der Waals surface area contributed by atoms with Crippen molar-refractivity contribution in [2.75, 3.05) is 12.0 Å². The van der Waals surface area contributed by atoms with Crippen molar-refractivity contribution >= 4 is 91.9 Å². The topological polar surface area (TPSA) is 94.2 Å². The van der Waals surface area contributed by atoms with Gasteiger partial charge in [0.05, 0.1) is 17.3 Å². The number of nitrogens with one attached hydrogen (secondary N) is 1. The Labute approximate surface area is 286 Å². The van der Waals surface area contributed by atoms with Crippen LogP contribution in [0.15, 0.2) is 82.8 Å². The van der Waals surface area contributed by atoms with Gasteiger partial charge in [-0.25, -0.2) is 9.69 Å². The number of carbonyl (C=O) groups excluding carboxylic acids is 3. The summed E-state index contributed by atoms with van der Waals surface area (Å²) in [7, 11) is 1.46. The Hall–Kier alpha value is -3.73. The third-order valence-corrected chi connectivity index (χ3v) is 8.32. The van der Waals surface area contributed by atoms with Crippen molar-refractivity contribution in [2.24, 2.45) is 0 Å². The van der Waals surface area contributed by atoms with E-state index in [2.05, 4.69) is 21.2 Å². The summed E-state index contributed by atoms with van der Waals surface area (Å²) in [6, 6.07) is 18.8. The first kappa shape index (κ1) is 32.7. The van der Waals surface area contributed by atoms with Crippen molar-refractivity contribution in [2.45, 2.75) is 13.2 Å². The Kier molecular flexibility index (Phi) is 10.3. The van der Waals surface area contributed by atoms with E-state index in [-0.39, 0.29) is 24.5 Å². The van der Waals surface area contributed by atoms with E-state index in [1.165, 1.54) is 25.3 Å². The van der Waals surface area contributed by atoms with Gasteiger partial charge in [-0.05, 0) is 88.2 Å². The number of hydrogen-bond acceptors (Lipinski definition) is 6. The largest absolute Gasteiger partial charge is 0.493 e. The van der Waals surface area contributed by atoms with Gasteiger partial charge in [-0.1, -0.05) is 58.5 Å². The molecule has 1 aliphatic rings. The van der Waals surface area contributed by atoms with E-state index in [4.69, 9.17) is 60.6 Å². The zero-order chi connectivity index (χ0) is 32.2. The SMILES string of the molecule is COc1cc(/C=C2\C(=O)NC(=O)N(c3ccc(OCc4ccc(Cl)cc4Cl)cc3)C2=O)cc(Br)c1OCc1ccc(Cl)cc1Cl. The highest BCUT2D eigenvalue weighted by atomic mass is 79.9. The first-order chi connectivity index (χ1) is 21.5. The first-order valence-corrected chi connectivity index (χ1v) is 15.4. The molecule has 4 aromatic carbocycles. The average Bonchev–Trinajstić information content (AvgIpc) is 2.99. The number of imide groups is 2. The summed E-state index contributed by atoms with van der Waals surface area (Å²) in [5.74, 6) is -0.470. The number of halogens is 5. The zero-order valence-electron chi connectivity index (χ0n) is 23.2. The number of anilines is 1. The van der Waals surface area contributed by atoms with Gasteiger partial charge >= 0.3 is 6.03 Å². The van der Waals surface area contributed by atoms with Crippen molar-refractivity contribution in [1.29, 1.82) is 0 Å². The van der Waals surface area contributed by atoms with Crippen LogP contribution >= 0.6 is 62.3 Å². The molecule has 5 rings (SSSR count). The number of benzene rings is 4. The molecule has 230 valence electrons. The number of methoxy groups -OCH3 is 1. The number of carbonyl (C=O) groups is 3. The van der Waals surface area contributed by atoms with Crippen molar-refractivity contribution in [1.82, 2.24) is 5.32 Å². The normalized spacial score (nSPS) is 14.0. The lowest BCUT2D eigenvalue weighted by atomic mass is 10.1. The molecule has 4 aromatic rings. The van der Waals surface area contributed by atoms with Crippen LogP contribution in [-0.4, -0.2) is 25.0 Å². The maximum absolute atomic E-state index is 13.5. The molecule has 13 heteroatoms. The van der Waals surface area contributed by atoms with Gasteiger partial charge in [-0.3, -0.25) is 14.9 Å². The van der Waals surface area contributed by atoms with Gasteiger partial charge in [0, 0.05) is 31.2 Å². The lowest BCUT2D eigenvalue weighted by Crippen LogP contribution is -2.54. The van der Waals surface area contributed by atoms with E-state index in [1.807, 2.05) is 0 Å². The second-order valence-corrected chi connectivity index (χ2v) is 12.1. The van der Waals surface area contributed by atoms with Crippen molar-refractivity contribution in [3.8, 4) is 17.2 Å². The molecule has 0 radical (unpaired) electrons. The molecule has 0 aromatic heterocycles. The highest BCUT2D eigenvalue weighted by molar-refractivity contribution is 9.10. The third kappa shape index (κ3) is 7.57. The molecule has 1 heterocycles. The third-order valence-electron chi connectivity index (χ3n) is 6.56. The van der Waals surface area contributed by atoms with E-state index >= 15 is 0 Å². The maximum atomic E-state index is 13.5. The Morgan fingerprint density at radius 2 is 1.40 bits per heavy atom. The van der Waals surface area contributed by atoms with E-state index in [0.29, 0.717) is 52.9 Å². The van der Waals surface area contributed by atoms with E-state index in [9.17, 15) is 14.4 Å². The molecular weight excluding hydrogens is 730 g/mol. The zero-order valence-corrected chi connectivity index (χ0v) is 27.8. The standard InChI is InChI=1S/C32H21BrCl4N2O6/c1-43-28-12-17(11-25(33)29(28)45-16-19-3-5-21(35)14-27(19)37)10-24-30(40)38-32(42)39(31(24)41)22-6-8-23(9-7-22)44-15-18-2-4-20(34)13-26(18)36/h2-14H,15-16H2,1H3,(H,38,40,42)/b24-10+. The molecule has 1 aliphatic heterocycles. The molecule has 0 saturated carbocycles. The number of urea groups is 1. The minimum atomic E-state index is -0.882. The maximum Gasteiger partial charge on any atom is 0.335 e. The number of hydrogen-bond donors (Lipinski definition) is 1. The average molecular weight is 751 g/mol. The quantitative estimate of drug-likeness (QED) is 0.136. The number of ether oxygens (including phenoxy) is 3. The summed E-state index contributed by atoms with van der Waals surface area (Å²) >= 11 is 27.9. The van der Waals surface area contributed by atoms with Crippen molar-refractivity contribution in [3.63, 3.8) is 0 Å². The fraction of sp³-hybridized carbons (Fsp3) is 0.0938. The summed E-state index contributed by atoms with van der Waals surface area (Å²) in [4.78, 5) is 39.8. The summed E-state index contributed by atoms with van der Waals surface area (Å²) in [5.41, 5.74) is 1.85. The van der Waals surface area contributed by atoms with Crippen molar-refractivity contribution < 1.29 is 28.6 Å². The Morgan fingerprint density at radius 1 is 0.800 bits per heavy atom. The predicted molar refractivity (Wildman–Crippen MR) is 178 cm³/mol. The first-order valence-electron chi connectivity index (χ1n) is 13.1. The van der Waals surface area contributed by atoms with Gasteiger partial charge in [-0.15, -0.1) is 0 Å². The van der Waals surface area contributed by atoms with Gasteiger partial charge < -0.3 is 14.2 Å². The fourth-order valence-electron chi connectivity index (χ4n) is 4.30. The molecule has 1 saturated heterocycles. The molecule has 8 nitrogen and oxygen atoms in total. The molecule has 0 aliphatic carbocycles. The van der Waals surface area contributed by atoms with E-state index in [0.717, 1.165) is 10.5 Å². The molecule has 1 N–H and O–H groups in total. The molecular formula is C32H21BrCl4N2O6. The van der Waals surface area contributed by atoms with Crippen LogP contribution in [0.2, 0.25) is 20.1 Å². The highest BCUT2D eigenvalue weighted by Gasteiger charge is 2.37. The lowest BCUT2D eigenvalue weighted by Gasteiger charge is -2.26. The minimum absolute atomic E-state index is 0.127. The second kappa shape index (κ2) is 14.1. The van der Waals surface area contributed by atoms with Gasteiger partial charge in [-0.2, -0.15) is 0 Å². The number of barbiturate groups is 1. The van der Waals surface area contributed by atoms with Crippen LogP contribution in [-0.2, 0) is 22.8 Å². The molecule has 4 amide bonds. The van der Waals surface area contributed by atoms with Gasteiger partial charge in [0.25, 0.3) is 11.8 Å². The lowest BCUT2D eigenvalue weighted by molar-refractivity contribution is -0.122. The highest BCUT2D eigenvalue weighted by Crippen LogP contribution is 2.38. The minimum Gasteiger partial charge on any atom is -0.493 e. The predicted octanol–water partition coefficient (Wildman–Crippen LogP) is 8.90. The Morgan fingerprint density at radius 3 is 1.98 bits per heavy atom. The van der Waals surface area contributed by atoms with Gasteiger partial charge in [0.1, 0.15) is 24.5 Å². The Balaban J connectivity index is 1.34. The molecule has 1 fully saturated rings. The van der Waals surface area contributed by atoms with Crippen LogP contribution in [0.25, 0.3) is 6.08 Å². The summed E-state index contributed by atoms with van der Waals surface area (Å²) < 4.78 is 17.8. The Bertz CT molecular complexity index is 1850. The molecule has 0 atom stereocenters. The van der Waals surface area contributed by atoms with Crippen LogP contribution in [0.4, 0.5) is 10.5 Å². The molecule has 45 heavy (non-hydrogen) atoms. The van der Waals surface area contributed by atoms with Crippen molar-refractivity contribution in [3.05, 3.63) is 120 Å². The molecule has 0 bridgehead atoms. The monoisotopic (exact) mass is 748 g/mol. The summed E-state index contributed by atoms with van der Waals surface area (Å²) in [6.45, 7) is 0.305. The molecule has 0 unspecified atom stereocenters. The van der Waals surface area contributed by atoms with Crippen LogP contribution in [0, 0.1) is 0 Å². The summed E-state index contributed by atoms with van der Waals surface area (Å²) in [5, 5.41) is 4.15. The fourth-order valence-corrected chi connectivity index (χ4v) is 5.80. The summed E-state index contributed by atoms with van der Waals surface area (Å²) in [6.07, 6.45) is 1.36. The van der Waals surface area contributed by atoms with Gasteiger partial charge in [0.15, 0.2) is 11.5 Å². The second-order valence-electron chi connectivity index (χ2n) is 9.53. The smallest absolute Gasteiger partial charge is 0.335 e. The van der Waals surface area contributed by atoms with E-state index < -0.39 is 17.8 Å².